The predicted octanol–water partition coefficient (Wildman–Crippen LogP) is 1.66. The molecule has 0 radical (unpaired) electrons. The highest BCUT2D eigenvalue weighted by molar-refractivity contribution is 7.80. The monoisotopic (exact) mass is 372 g/mol. The van der Waals surface area contributed by atoms with Crippen LogP contribution < -0.4 is 5.32 Å². The summed E-state index contributed by atoms with van der Waals surface area (Å²) in [6, 6.07) is 8.96. The van der Waals surface area contributed by atoms with E-state index in [-0.39, 0.29) is 17.8 Å². The van der Waals surface area contributed by atoms with Gasteiger partial charge < -0.3 is 14.4 Å². The van der Waals surface area contributed by atoms with Crippen molar-refractivity contribution in [2.75, 3.05) is 19.7 Å². The van der Waals surface area contributed by atoms with Crippen LogP contribution in [0.15, 0.2) is 42.5 Å². The maximum atomic E-state index is 12.3. The summed E-state index contributed by atoms with van der Waals surface area (Å²) >= 11 is 5.42. The number of benzene rings is 1. The van der Waals surface area contributed by atoms with Crippen LogP contribution in [0.4, 0.5) is 0 Å². The molecule has 3 aliphatic heterocycles. The van der Waals surface area contributed by atoms with Crippen LogP contribution in [0.1, 0.15) is 23.7 Å². The van der Waals surface area contributed by atoms with E-state index in [0.29, 0.717) is 36.8 Å². The van der Waals surface area contributed by atoms with Gasteiger partial charge in [-0.15, -0.1) is 0 Å². The molecule has 3 unspecified atom stereocenters. The van der Waals surface area contributed by atoms with E-state index in [0.717, 1.165) is 0 Å². The highest BCUT2D eigenvalue weighted by atomic mass is 32.1. The van der Waals surface area contributed by atoms with Crippen molar-refractivity contribution in [3.05, 3.63) is 48.0 Å². The van der Waals surface area contributed by atoms with Gasteiger partial charge in [0.2, 0.25) is 0 Å². The van der Waals surface area contributed by atoms with Crippen molar-refractivity contribution in [2.24, 2.45) is 5.92 Å². The molecule has 1 amide bonds. The maximum Gasteiger partial charge on any atom is 0.342 e. The summed E-state index contributed by atoms with van der Waals surface area (Å²) in [4.78, 5) is 26.5. The molecule has 0 saturated carbocycles. The average molecular weight is 372 g/mol. The van der Waals surface area contributed by atoms with Crippen molar-refractivity contribution < 1.29 is 19.1 Å². The van der Waals surface area contributed by atoms with E-state index < -0.39 is 11.2 Å². The van der Waals surface area contributed by atoms with E-state index in [1.165, 1.54) is 0 Å². The van der Waals surface area contributed by atoms with Crippen LogP contribution in [-0.2, 0) is 14.3 Å². The minimum atomic E-state index is -0.957. The van der Waals surface area contributed by atoms with Gasteiger partial charge in [0.05, 0.1) is 13.2 Å². The molecule has 1 N–H and O–H groups in total. The Hall–Kier alpha value is -2.25. The molecule has 0 aromatic heterocycles. The Morgan fingerprint density at radius 1 is 1.35 bits per heavy atom. The lowest BCUT2D eigenvalue weighted by Crippen LogP contribution is -2.45. The SMILES string of the molecule is CCOC(=O)C12C=CC3(CN(C(=S)NC(=O)c4ccccc4)CC3C1)O2. The molecule has 7 heteroatoms. The fourth-order valence-corrected chi connectivity index (χ4v) is 4.28. The summed E-state index contributed by atoms with van der Waals surface area (Å²) in [5.41, 5.74) is -0.929. The summed E-state index contributed by atoms with van der Waals surface area (Å²) in [7, 11) is 0. The number of nitrogens with one attached hydrogen (secondary N) is 1. The summed E-state index contributed by atoms with van der Waals surface area (Å²) in [6.45, 7) is 3.27. The molecule has 1 aromatic carbocycles. The zero-order valence-electron chi connectivity index (χ0n) is 14.4. The van der Waals surface area contributed by atoms with E-state index in [9.17, 15) is 9.59 Å². The van der Waals surface area contributed by atoms with Crippen molar-refractivity contribution in [1.82, 2.24) is 10.2 Å². The number of thiocarbonyl (C=S) groups is 1. The van der Waals surface area contributed by atoms with Gasteiger partial charge in [-0.1, -0.05) is 24.3 Å². The molecule has 26 heavy (non-hydrogen) atoms. The number of fused-ring (bicyclic) bond motifs is 1. The molecule has 3 atom stereocenters. The van der Waals surface area contributed by atoms with Gasteiger partial charge in [0.25, 0.3) is 5.91 Å². The van der Waals surface area contributed by atoms with Gasteiger partial charge in [-0.2, -0.15) is 0 Å². The zero-order valence-corrected chi connectivity index (χ0v) is 15.3. The van der Waals surface area contributed by atoms with Gasteiger partial charge in [0.1, 0.15) is 5.60 Å². The van der Waals surface area contributed by atoms with E-state index in [1.54, 1.807) is 19.1 Å². The van der Waals surface area contributed by atoms with Gasteiger partial charge in [-0.25, -0.2) is 4.79 Å². The van der Waals surface area contributed by atoms with Gasteiger partial charge in [-0.05, 0) is 43.8 Å². The summed E-state index contributed by atoms with van der Waals surface area (Å²) < 4.78 is 11.3. The summed E-state index contributed by atoms with van der Waals surface area (Å²) in [5.74, 6) is -0.411. The minimum absolute atomic E-state index is 0.142. The number of rotatable bonds is 3. The molecule has 1 spiro atoms. The number of nitrogens with zero attached hydrogens (tertiary/aromatic N) is 1. The lowest BCUT2D eigenvalue weighted by molar-refractivity contribution is -0.165. The Morgan fingerprint density at radius 2 is 2.12 bits per heavy atom. The Labute approximate surface area is 157 Å². The van der Waals surface area contributed by atoms with E-state index in [2.05, 4.69) is 5.32 Å². The summed E-state index contributed by atoms with van der Waals surface area (Å²) in [6.07, 6.45) is 4.35. The molecular formula is C19H20N2O4S. The number of hydrogen-bond acceptors (Lipinski definition) is 5. The highest BCUT2D eigenvalue weighted by Gasteiger charge is 2.65. The first-order chi connectivity index (χ1) is 12.5. The zero-order chi connectivity index (χ0) is 18.4. The predicted molar refractivity (Wildman–Crippen MR) is 98.5 cm³/mol. The van der Waals surface area contributed by atoms with Crippen LogP contribution >= 0.6 is 12.2 Å². The van der Waals surface area contributed by atoms with Crippen molar-refractivity contribution in [2.45, 2.75) is 24.5 Å². The van der Waals surface area contributed by atoms with Gasteiger partial charge >= 0.3 is 5.97 Å². The Morgan fingerprint density at radius 3 is 2.81 bits per heavy atom. The third-order valence-corrected chi connectivity index (χ3v) is 5.65. The molecule has 2 saturated heterocycles. The Bertz CT molecular complexity index is 796. The first-order valence-corrected chi connectivity index (χ1v) is 9.12. The topological polar surface area (TPSA) is 67.9 Å². The normalized spacial score (nSPS) is 31.0. The molecule has 1 aromatic rings. The number of carbonyl (C=O) groups is 2. The van der Waals surface area contributed by atoms with E-state index in [1.807, 2.05) is 35.3 Å². The molecule has 3 heterocycles. The molecule has 6 nitrogen and oxygen atoms in total. The molecule has 0 aliphatic carbocycles. The number of ether oxygens (including phenoxy) is 2. The minimum Gasteiger partial charge on any atom is -0.464 e. The van der Waals surface area contributed by atoms with Crippen LogP contribution in [0.25, 0.3) is 0 Å². The first-order valence-electron chi connectivity index (χ1n) is 8.71. The maximum absolute atomic E-state index is 12.3. The number of carbonyl (C=O) groups excluding carboxylic acids is 2. The van der Waals surface area contributed by atoms with E-state index in [4.69, 9.17) is 21.7 Å². The molecule has 2 fully saturated rings. The standard InChI is InChI=1S/C19H20N2O4S/c1-2-24-16(23)18-8-9-19(25-18)12-21(11-14(19)10-18)17(26)20-15(22)13-6-4-3-5-7-13/h3-9,14H,2,10-12H2,1H3,(H,20,22,26). The molecule has 4 rings (SSSR count). The van der Waals surface area contributed by atoms with Crippen LogP contribution in [0, 0.1) is 5.92 Å². The second kappa shape index (κ2) is 6.17. The number of amides is 1. The van der Waals surface area contributed by atoms with Gasteiger partial charge in [0, 0.05) is 18.0 Å². The third kappa shape index (κ3) is 2.62. The van der Waals surface area contributed by atoms with Crippen molar-refractivity contribution in [3.63, 3.8) is 0 Å². The fraction of sp³-hybridized carbons (Fsp3) is 0.421. The first kappa shape index (κ1) is 17.2. The van der Waals surface area contributed by atoms with Crippen molar-refractivity contribution in [1.29, 1.82) is 0 Å². The Kier molecular flexibility index (Phi) is 4.08. The third-order valence-electron chi connectivity index (χ3n) is 5.29. The van der Waals surface area contributed by atoms with Crippen molar-refractivity contribution >= 4 is 29.2 Å². The average Bonchev–Trinajstić information content (AvgIpc) is 3.28. The van der Waals surface area contributed by atoms with Gasteiger partial charge in [-0.3, -0.25) is 10.1 Å². The number of likely N-dealkylation sites (tertiary alicyclic amines) is 1. The van der Waals surface area contributed by atoms with E-state index >= 15 is 0 Å². The smallest absolute Gasteiger partial charge is 0.342 e. The largest absolute Gasteiger partial charge is 0.464 e. The quantitative estimate of drug-likeness (QED) is 0.495. The van der Waals surface area contributed by atoms with Gasteiger partial charge in [0.15, 0.2) is 10.7 Å². The van der Waals surface area contributed by atoms with Crippen LogP contribution in [-0.4, -0.2) is 52.8 Å². The van der Waals surface area contributed by atoms with Crippen LogP contribution in [0.2, 0.25) is 0 Å². The molecule has 136 valence electrons. The lowest BCUT2D eigenvalue weighted by atomic mass is 9.81. The second-order valence-electron chi connectivity index (χ2n) is 6.91. The fourth-order valence-electron chi connectivity index (χ4n) is 4.05. The lowest BCUT2D eigenvalue weighted by Gasteiger charge is -2.26. The van der Waals surface area contributed by atoms with Crippen LogP contribution in [0.5, 0.6) is 0 Å². The highest BCUT2D eigenvalue weighted by Crippen LogP contribution is 2.53. The Balaban J connectivity index is 1.42. The molecule has 3 aliphatic rings. The molecular weight excluding hydrogens is 352 g/mol. The molecule has 2 bridgehead atoms. The second-order valence-corrected chi connectivity index (χ2v) is 7.29. The number of esters is 1. The van der Waals surface area contributed by atoms with Crippen molar-refractivity contribution in [3.8, 4) is 0 Å². The summed E-state index contributed by atoms with van der Waals surface area (Å²) in [5, 5.41) is 3.16. The number of hydrogen-bond donors (Lipinski definition) is 1. The van der Waals surface area contributed by atoms with Crippen LogP contribution in [0.3, 0.4) is 0 Å².